The average Bonchev–Trinajstić information content (AvgIpc) is 2.58. The molecule has 0 atom stereocenters. The van der Waals surface area contributed by atoms with E-state index in [1.165, 1.54) is 13.2 Å². The topological polar surface area (TPSA) is 62.7 Å². The van der Waals surface area contributed by atoms with Crippen molar-refractivity contribution in [1.82, 2.24) is 9.88 Å². The molecule has 23 heavy (non-hydrogen) atoms. The van der Waals surface area contributed by atoms with Crippen LogP contribution < -0.4 is 4.74 Å². The quantitative estimate of drug-likeness (QED) is 0.833. The Bertz CT molecular complexity index is 684. The first-order valence-electron chi connectivity index (χ1n) is 7.29. The molecular weight excluding hydrogens is 292 g/mol. The molecule has 0 saturated heterocycles. The van der Waals surface area contributed by atoms with E-state index in [0.717, 1.165) is 11.1 Å². The molecule has 2 rings (SSSR count). The smallest absolute Gasteiger partial charge is 0.246 e. The number of hydrogen-bond donors (Lipinski definition) is 1. The van der Waals surface area contributed by atoms with Crippen LogP contribution in [-0.2, 0) is 11.2 Å². The predicted molar refractivity (Wildman–Crippen MR) is 89.3 cm³/mol. The first-order chi connectivity index (χ1) is 11.1. The molecule has 0 fully saturated rings. The maximum absolute atomic E-state index is 12.1. The summed E-state index contributed by atoms with van der Waals surface area (Å²) in [5.41, 5.74) is 1.83. The Morgan fingerprint density at radius 1 is 1.39 bits per heavy atom. The SMILES string of the molecule is COc1ccc(CCN(C)C(=O)/C=C/c2cccnc2)cc1O. The van der Waals surface area contributed by atoms with Crippen LogP contribution in [0.15, 0.2) is 48.8 Å². The molecule has 0 spiro atoms. The Labute approximate surface area is 135 Å². The fourth-order valence-corrected chi connectivity index (χ4v) is 2.07. The lowest BCUT2D eigenvalue weighted by Gasteiger charge is -2.15. The molecule has 1 amide bonds. The van der Waals surface area contributed by atoms with Gasteiger partial charge in [-0.2, -0.15) is 0 Å². The number of nitrogens with zero attached hydrogens (tertiary/aromatic N) is 2. The van der Waals surface area contributed by atoms with Crippen LogP contribution >= 0.6 is 0 Å². The Morgan fingerprint density at radius 3 is 2.87 bits per heavy atom. The zero-order valence-corrected chi connectivity index (χ0v) is 13.3. The second-order valence-electron chi connectivity index (χ2n) is 5.14. The number of pyridine rings is 1. The Balaban J connectivity index is 1.89. The van der Waals surface area contributed by atoms with Crippen LogP contribution in [0.5, 0.6) is 11.5 Å². The second kappa shape index (κ2) is 7.98. The molecule has 5 heteroatoms. The van der Waals surface area contributed by atoms with E-state index in [-0.39, 0.29) is 11.7 Å². The molecule has 1 N–H and O–H groups in total. The number of phenolic OH excluding ortho intramolecular Hbond substituents is 1. The van der Waals surface area contributed by atoms with E-state index in [1.54, 1.807) is 42.6 Å². The molecule has 0 radical (unpaired) electrons. The molecule has 0 aliphatic heterocycles. The minimum atomic E-state index is -0.0772. The number of carbonyl (C=O) groups excluding carboxylic acids is 1. The summed E-state index contributed by atoms with van der Waals surface area (Å²) in [5.74, 6) is 0.472. The monoisotopic (exact) mass is 312 g/mol. The predicted octanol–water partition coefficient (Wildman–Crippen LogP) is 2.51. The van der Waals surface area contributed by atoms with E-state index in [9.17, 15) is 9.90 Å². The second-order valence-corrected chi connectivity index (χ2v) is 5.14. The van der Waals surface area contributed by atoms with Crippen LogP contribution in [0.25, 0.3) is 6.08 Å². The summed E-state index contributed by atoms with van der Waals surface area (Å²) in [6.45, 7) is 0.558. The molecule has 0 aliphatic rings. The zero-order chi connectivity index (χ0) is 16.7. The van der Waals surface area contributed by atoms with Crippen molar-refractivity contribution in [3.63, 3.8) is 0 Å². The van der Waals surface area contributed by atoms with E-state index in [4.69, 9.17) is 4.74 Å². The van der Waals surface area contributed by atoms with Crippen LogP contribution in [0.4, 0.5) is 0 Å². The largest absolute Gasteiger partial charge is 0.504 e. The molecule has 1 heterocycles. The van der Waals surface area contributed by atoms with Gasteiger partial charge in [-0.1, -0.05) is 12.1 Å². The van der Waals surface area contributed by atoms with Gasteiger partial charge in [0.15, 0.2) is 11.5 Å². The summed E-state index contributed by atoms with van der Waals surface area (Å²) in [7, 11) is 3.26. The van der Waals surface area contributed by atoms with Gasteiger partial charge in [0.1, 0.15) is 0 Å². The summed E-state index contributed by atoms with van der Waals surface area (Å²) < 4.78 is 5.01. The molecule has 120 valence electrons. The van der Waals surface area contributed by atoms with Crippen molar-refractivity contribution in [2.75, 3.05) is 20.7 Å². The number of phenols is 1. The van der Waals surface area contributed by atoms with Gasteiger partial charge >= 0.3 is 0 Å². The number of methoxy groups -OCH3 is 1. The molecule has 0 aliphatic carbocycles. The number of aromatic nitrogens is 1. The van der Waals surface area contributed by atoms with Gasteiger partial charge in [0.2, 0.25) is 5.91 Å². The van der Waals surface area contributed by atoms with Gasteiger partial charge in [0.05, 0.1) is 7.11 Å². The Kier molecular flexibility index (Phi) is 5.74. The minimum Gasteiger partial charge on any atom is -0.504 e. The minimum absolute atomic E-state index is 0.0772. The third-order valence-electron chi connectivity index (χ3n) is 3.46. The fraction of sp³-hybridized carbons (Fsp3) is 0.222. The van der Waals surface area contributed by atoms with Crippen LogP contribution in [0.2, 0.25) is 0 Å². The Morgan fingerprint density at radius 2 is 2.22 bits per heavy atom. The van der Waals surface area contributed by atoms with Gasteiger partial charge in [0, 0.05) is 32.1 Å². The number of aromatic hydroxyl groups is 1. The highest BCUT2D eigenvalue weighted by atomic mass is 16.5. The molecule has 0 saturated carbocycles. The van der Waals surface area contributed by atoms with Crippen molar-refractivity contribution < 1.29 is 14.6 Å². The van der Waals surface area contributed by atoms with E-state index in [0.29, 0.717) is 18.7 Å². The highest BCUT2D eigenvalue weighted by Crippen LogP contribution is 2.26. The van der Waals surface area contributed by atoms with Gasteiger partial charge < -0.3 is 14.7 Å². The average molecular weight is 312 g/mol. The van der Waals surface area contributed by atoms with Gasteiger partial charge in [-0.15, -0.1) is 0 Å². The van der Waals surface area contributed by atoms with Crippen LogP contribution in [0.3, 0.4) is 0 Å². The van der Waals surface area contributed by atoms with E-state index >= 15 is 0 Å². The summed E-state index contributed by atoms with van der Waals surface area (Å²) >= 11 is 0. The molecule has 5 nitrogen and oxygen atoms in total. The van der Waals surface area contributed by atoms with Crippen molar-refractivity contribution in [2.45, 2.75) is 6.42 Å². The first kappa shape index (κ1) is 16.5. The first-order valence-corrected chi connectivity index (χ1v) is 7.29. The number of amides is 1. The number of benzene rings is 1. The van der Waals surface area contributed by atoms with Crippen molar-refractivity contribution in [3.05, 3.63) is 59.9 Å². The highest BCUT2D eigenvalue weighted by molar-refractivity contribution is 5.91. The van der Waals surface area contributed by atoms with Crippen LogP contribution in [0, 0.1) is 0 Å². The fourth-order valence-electron chi connectivity index (χ4n) is 2.07. The van der Waals surface area contributed by atoms with E-state index < -0.39 is 0 Å². The maximum Gasteiger partial charge on any atom is 0.246 e. The number of likely N-dealkylation sites (N-methyl/N-ethyl adjacent to an activating group) is 1. The number of carbonyl (C=O) groups is 1. The number of rotatable bonds is 6. The van der Waals surface area contributed by atoms with Gasteiger partial charge in [-0.25, -0.2) is 0 Å². The summed E-state index contributed by atoms with van der Waals surface area (Å²) in [6, 6.07) is 8.96. The summed E-state index contributed by atoms with van der Waals surface area (Å²) in [5, 5.41) is 9.75. The van der Waals surface area contributed by atoms with Gasteiger partial charge in [-0.3, -0.25) is 9.78 Å². The third kappa shape index (κ3) is 4.85. The lowest BCUT2D eigenvalue weighted by Crippen LogP contribution is -2.27. The molecule has 0 unspecified atom stereocenters. The number of ether oxygens (including phenoxy) is 1. The normalized spacial score (nSPS) is 10.7. The van der Waals surface area contributed by atoms with Crippen LogP contribution in [-0.4, -0.2) is 41.6 Å². The highest BCUT2D eigenvalue weighted by Gasteiger charge is 2.07. The number of hydrogen-bond acceptors (Lipinski definition) is 4. The van der Waals surface area contributed by atoms with Crippen molar-refractivity contribution in [2.24, 2.45) is 0 Å². The molecule has 1 aromatic carbocycles. The van der Waals surface area contributed by atoms with E-state index in [1.807, 2.05) is 18.2 Å². The van der Waals surface area contributed by atoms with Crippen LogP contribution in [0.1, 0.15) is 11.1 Å². The summed E-state index contributed by atoms with van der Waals surface area (Å²) in [6.07, 6.45) is 7.31. The third-order valence-corrected chi connectivity index (χ3v) is 3.46. The maximum atomic E-state index is 12.1. The lowest BCUT2D eigenvalue weighted by atomic mass is 10.1. The molecule has 2 aromatic rings. The van der Waals surface area contributed by atoms with Crippen molar-refractivity contribution in [1.29, 1.82) is 0 Å². The lowest BCUT2D eigenvalue weighted by molar-refractivity contribution is -0.124. The van der Waals surface area contributed by atoms with E-state index in [2.05, 4.69) is 4.98 Å². The zero-order valence-electron chi connectivity index (χ0n) is 13.3. The van der Waals surface area contributed by atoms with Gasteiger partial charge in [-0.05, 0) is 41.8 Å². The molecule has 0 bridgehead atoms. The molecule has 1 aromatic heterocycles. The molecular formula is C18H20N2O3. The van der Waals surface area contributed by atoms with Crippen molar-refractivity contribution in [3.8, 4) is 11.5 Å². The Hall–Kier alpha value is -2.82. The standard InChI is InChI=1S/C18H20N2O3/c1-20(18(22)8-6-15-4-3-10-19-13-15)11-9-14-5-7-17(23-2)16(21)12-14/h3-8,10,12-13,21H,9,11H2,1-2H3/b8-6+. The summed E-state index contributed by atoms with van der Waals surface area (Å²) in [4.78, 5) is 17.7. The van der Waals surface area contributed by atoms with Gasteiger partial charge in [0.25, 0.3) is 0 Å². The van der Waals surface area contributed by atoms with Crippen molar-refractivity contribution >= 4 is 12.0 Å².